The molecule has 0 amide bonds. The number of carboxylic acid groups (broad SMARTS) is 2. The molecule has 0 saturated heterocycles. The van der Waals surface area contributed by atoms with Crippen LogP contribution < -0.4 is 0 Å². The van der Waals surface area contributed by atoms with Crippen molar-refractivity contribution < 1.29 is 19.8 Å². The Morgan fingerprint density at radius 3 is 1.78 bits per heavy atom. The van der Waals surface area contributed by atoms with Crippen LogP contribution in [0.2, 0.25) is 8.87 Å². The van der Waals surface area contributed by atoms with E-state index in [-0.39, 0.29) is 21.1 Å². The summed E-state index contributed by atoms with van der Waals surface area (Å²) in [6.45, 7) is 4.58. The molecule has 0 saturated carbocycles. The Balaban J connectivity index is 0. The fourth-order valence-electron chi connectivity index (χ4n) is 0.981. The number of carbonyl (C=O) groups is 2. The zero-order valence-corrected chi connectivity index (χ0v) is 14.9. The third-order valence-electron chi connectivity index (χ3n) is 2.07. The first-order valence-corrected chi connectivity index (χ1v) is 10.8. The molecule has 0 bridgehead atoms. The Bertz CT molecular complexity index is 218. The summed E-state index contributed by atoms with van der Waals surface area (Å²) in [4.78, 5) is 19.7. The van der Waals surface area contributed by atoms with Gasteiger partial charge in [-0.3, -0.25) is 9.59 Å². The van der Waals surface area contributed by atoms with E-state index in [2.05, 4.69) is 26.5 Å². The molecule has 0 aromatic heterocycles. The Labute approximate surface area is 125 Å². The Kier molecular flexibility index (Phi) is 17.2. The van der Waals surface area contributed by atoms with Crippen molar-refractivity contribution in [1.82, 2.24) is 0 Å². The molecule has 4 nitrogen and oxygen atoms in total. The molecule has 0 spiro atoms. The summed E-state index contributed by atoms with van der Waals surface area (Å²) in [6.07, 6.45) is 5.39. The van der Waals surface area contributed by atoms with Crippen molar-refractivity contribution in [2.24, 2.45) is 0 Å². The molecule has 0 aromatic rings. The van der Waals surface area contributed by atoms with Crippen LogP contribution in [0.1, 0.15) is 46.0 Å². The topological polar surface area (TPSA) is 74.6 Å². The van der Waals surface area contributed by atoms with Gasteiger partial charge in [-0.2, -0.15) is 12.6 Å². The molecule has 0 aromatic carbocycles. The van der Waals surface area contributed by atoms with Gasteiger partial charge in [0.2, 0.25) is 0 Å². The molecular formula is C12H24O4SSn. The summed E-state index contributed by atoms with van der Waals surface area (Å²) in [5.41, 5.74) is 0. The van der Waals surface area contributed by atoms with Gasteiger partial charge in [-0.15, -0.1) is 0 Å². The second-order valence-electron chi connectivity index (χ2n) is 3.91. The first-order valence-electron chi connectivity index (χ1n) is 6.29. The van der Waals surface area contributed by atoms with Crippen molar-refractivity contribution in [1.29, 1.82) is 0 Å². The molecule has 0 aliphatic heterocycles. The van der Waals surface area contributed by atoms with Crippen molar-refractivity contribution in [3.8, 4) is 0 Å². The predicted molar refractivity (Wildman–Crippen MR) is 77.8 cm³/mol. The number of unbranched alkanes of at least 4 members (excludes halogenated alkanes) is 2. The molecule has 0 aliphatic carbocycles. The smallest absolute Gasteiger partial charge is 0.316 e. The average molecular weight is 383 g/mol. The number of hydrogen-bond donors (Lipinski definition) is 3. The standard InChI is InChI=1S/C4H6O4S.2C4H9.Sn/c5-3(6)1-2(9)4(7)8;2*1-3-4-2;/h2,9H,1H2,(H,5,6)(H,7,8);2*1,3-4H2,2H3;. The molecule has 2 radical (unpaired) electrons. The molecule has 0 aliphatic rings. The molecule has 18 heavy (non-hydrogen) atoms. The summed E-state index contributed by atoms with van der Waals surface area (Å²) >= 11 is 3.63. The SMILES string of the molecule is CCC[CH2][Sn][CH2]CCC.O=C(O)CC(S)C(=O)O. The van der Waals surface area contributed by atoms with E-state index in [1.807, 2.05) is 0 Å². The monoisotopic (exact) mass is 384 g/mol. The summed E-state index contributed by atoms with van der Waals surface area (Å²) in [7, 11) is 0. The van der Waals surface area contributed by atoms with Gasteiger partial charge in [0.25, 0.3) is 0 Å². The fourth-order valence-corrected chi connectivity index (χ4v) is 5.30. The van der Waals surface area contributed by atoms with Gasteiger partial charge in [0.15, 0.2) is 0 Å². The first kappa shape index (κ1) is 20.4. The molecule has 1 atom stereocenters. The number of thiol groups is 1. The van der Waals surface area contributed by atoms with Gasteiger partial charge in [0.1, 0.15) is 5.25 Å². The number of aliphatic carboxylic acids is 2. The Morgan fingerprint density at radius 2 is 1.56 bits per heavy atom. The van der Waals surface area contributed by atoms with Crippen LogP contribution in [-0.2, 0) is 9.59 Å². The zero-order chi connectivity index (χ0) is 14.4. The van der Waals surface area contributed by atoms with E-state index in [0.29, 0.717) is 0 Å². The first-order chi connectivity index (χ1) is 8.45. The third-order valence-corrected chi connectivity index (χ3v) is 6.51. The minimum absolute atomic E-state index is 0.149. The van der Waals surface area contributed by atoms with E-state index in [0.717, 1.165) is 0 Å². The van der Waals surface area contributed by atoms with Gasteiger partial charge in [0.05, 0.1) is 6.42 Å². The van der Waals surface area contributed by atoms with Crippen LogP contribution in [-0.4, -0.2) is 48.5 Å². The number of carboxylic acids is 2. The fraction of sp³-hybridized carbons (Fsp3) is 0.833. The maximum absolute atomic E-state index is 9.90. The van der Waals surface area contributed by atoms with Crippen LogP contribution in [0.25, 0.3) is 0 Å². The predicted octanol–water partition coefficient (Wildman–Crippen LogP) is 2.97. The van der Waals surface area contributed by atoms with E-state index < -0.39 is 23.6 Å². The van der Waals surface area contributed by atoms with E-state index in [9.17, 15) is 9.59 Å². The zero-order valence-electron chi connectivity index (χ0n) is 11.2. The maximum Gasteiger partial charge on any atom is 0.316 e. The van der Waals surface area contributed by atoms with Crippen molar-refractivity contribution in [2.75, 3.05) is 0 Å². The van der Waals surface area contributed by atoms with Crippen LogP contribution in [0.3, 0.4) is 0 Å². The maximum atomic E-state index is 9.90. The van der Waals surface area contributed by atoms with Gasteiger partial charge >= 0.3 is 81.5 Å². The molecule has 0 fully saturated rings. The molecule has 6 heteroatoms. The molecule has 2 N–H and O–H groups in total. The summed E-state index contributed by atoms with van der Waals surface area (Å²) in [6, 6.07) is 0. The van der Waals surface area contributed by atoms with Gasteiger partial charge in [-0.25, -0.2) is 0 Å². The number of hydrogen-bond acceptors (Lipinski definition) is 3. The van der Waals surface area contributed by atoms with Crippen LogP contribution in [0.15, 0.2) is 0 Å². The van der Waals surface area contributed by atoms with Gasteiger partial charge in [0, 0.05) is 0 Å². The van der Waals surface area contributed by atoms with Crippen molar-refractivity contribution >= 4 is 45.7 Å². The molecule has 1 unspecified atom stereocenters. The molecule has 0 rings (SSSR count). The Hall–Kier alpha value is 0.0887. The van der Waals surface area contributed by atoms with Crippen molar-refractivity contribution in [3.05, 3.63) is 0 Å². The second kappa shape index (κ2) is 15.1. The van der Waals surface area contributed by atoms with Gasteiger partial charge < -0.3 is 10.2 Å². The van der Waals surface area contributed by atoms with Crippen LogP contribution in [0.5, 0.6) is 0 Å². The summed E-state index contributed by atoms with van der Waals surface area (Å²) in [5, 5.41) is 15.0. The largest absolute Gasteiger partial charge is 0.481 e. The molecular weight excluding hydrogens is 359 g/mol. The van der Waals surface area contributed by atoms with E-state index in [4.69, 9.17) is 10.2 Å². The van der Waals surface area contributed by atoms with Crippen molar-refractivity contribution in [3.63, 3.8) is 0 Å². The van der Waals surface area contributed by atoms with E-state index >= 15 is 0 Å². The van der Waals surface area contributed by atoms with Gasteiger partial charge in [-0.1, -0.05) is 0 Å². The van der Waals surface area contributed by atoms with E-state index in [1.54, 1.807) is 8.87 Å². The van der Waals surface area contributed by atoms with Crippen LogP contribution in [0.4, 0.5) is 0 Å². The number of rotatable bonds is 9. The van der Waals surface area contributed by atoms with Crippen LogP contribution in [0, 0.1) is 0 Å². The second-order valence-corrected chi connectivity index (χ2v) is 8.81. The molecule has 0 heterocycles. The minimum atomic E-state index is -1.21. The Morgan fingerprint density at radius 1 is 1.11 bits per heavy atom. The summed E-state index contributed by atoms with van der Waals surface area (Å²) in [5.74, 6) is -2.36. The normalized spacial score (nSPS) is 11.3. The summed E-state index contributed by atoms with van der Waals surface area (Å²) < 4.78 is 3.25. The van der Waals surface area contributed by atoms with E-state index in [1.165, 1.54) is 25.7 Å². The van der Waals surface area contributed by atoms with Crippen LogP contribution >= 0.6 is 12.6 Å². The molecule has 106 valence electrons. The quantitative estimate of drug-likeness (QED) is 0.325. The van der Waals surface area contributed by atoms with Gasteiger partial charge in [-0.05, 0) is 0 Å². The third kappa shape index (κ3) is 18.5. The van der Waals surface area contributed by atoms with Crippen molar-refractivity contribution in [2.45, 2.75) is 60.1 Å². The minimum Gasteiger partial charge on any atom is -0.481 e. The average Bonchev–Trinajstić information content (AvgIpc) is 2.29.